The molecule has 0 bridgehead atoms. The summed E-state index contributed by atoms with van der Waals surface area (Å²) in [5, 5.41) is 3.53. The van der Waals surface area contributed by atoms with Crippen molar-refractivity contribution >= 4 is 26.6 Å². The molecule has 1 saturated heterocycles. The van der Waals surface area contributed by atoms with Crippen LogP contribution in [0, 0.1) is 5.82 Å². The molecule has 1 amide bonds. The quantitative estimate of drug-likeness (QED) is 0.390. The highest BCUT2D eigenvalue weighted by molar-refractivity contribution is 7.91. The number of carbonyl (C=O) groups excluding carboxylic acids is 1. The van der Waals surface area contributed by atoms with Crippen molar-refractivity contribution in [2.24, 2.45) is 0 Å². The number of carbonyl (C=O) groups is 1. The van der Waals surface area contributed by atoms with Crippen LogP contribution in [-0.2, 0) is 9.84 Å². The van der Waals surface area contributed by atoms with Crippen molar-refractivity contribution in [3.8, 4) is 22.7 Å². The number of nitrogens with one attached hydrogen (secondary N) is 1. The summed E-state index contributed by atoms with van der Waals surface area (Å²) < 4.78 is 69.2. The lowest BCUT2D eigenvalue weighted by Gasteiger charge is -2.24. The summed E-state index contributed by atoms with van der Waals surface area (Å²) in [6.45, 7) is -1.27. The van der Waals surface area contributed by atoms with E-state index in [1.807, 2.05) is 0 Å². The molecule has 1 atom stereocenters. The van der Waals surface area contributed by atoms with Crippen LogP contribution < -0.4 is 10.1 Å². The fourth-order valence-corrected chi connectivity index (χ4v) is 6.69. The summed E-state index contributed by atoms with van der Waals surface area (Å²) >= 11 is 0. The molecule has 1 fully saturated rings. The van der Waals surface area contributed by atoms with Gasteiger partial charge in [0.05, 0.1) is 28.8 Å². The molecule has 1 aliphatic heterocycles. The molecule has 7 nitrogen and oxygen atoms in total. The molecule has 0 aliphatic carbocycles. The lowest BCUT2D eigenvalue weighted by atomic mass is 10.0. The SMILES string of the molecule is C[C@]1(NC(=O)c2ccc3c(-c4cccc(OC(F)F)c4)cn(-c4ccc(F)cn4)c3c2)CCS(=O)(=O)C1. The molecule has 0 saturated carbocycles. The van der Waals surface area contributed by atoms with Crippen molar-refractivity contribution in [2.75, 3.05) is 11.5 Å². The number of sulfone groups is 1. The Morgan fingerprint density at radius 1 is 1.16 bits per heavy atom. The van der Waals surface area contributed by atoms with E-state index in [1.54, 1.807) is 48.0 Å². The molecule has 2 aromatic carbocycles. The lowest BCUT2D eigenvalue weighted by molar-refractivity contribution is -0.0498. The highest BCUT2D eigenvalue weighted by Gasteiger charge is 2.39. The fourth-order valence-electron chi connectivity index (χ4n) is 4.59. The number of fused-ring (bicyclic) bond motifs is 1. The molecule has 11 heteroatoms. The smallest absolute Gasteiger partial charge is 0.387 e. The Morgan fingerprint density at radius 2 is 1.97 bits per heavy atom. The third kappa shape index (κ3) is 5.17. The van der Waals surface area contributed by atoms with Gasteiger partial charge in [-0.05, 0) is 55.3 Å². The van der Waals surface area contributed by atoms with Crippen molar-refractivity contribution < 1.29 is 31.1 Å². The van der Waals surface area contributed by atoms with Gasteiger partial charge in [0.2, 0.25) is 0 Å². The Hall–Kier alpha value is -3.86. The zero-order valence-corrected chi connectivity index (χ0v) is 20.4. The molecule has 0 radical (unpaired) electrons. The van der Waals surface area contributed by atoms with Crippen LogP contribution in [0.2, 0.25) is 0 Å². The van der Waals surface area contributed by atoms with E-state index in [1.165, 1.54) is 24.3 Å². The first-order valence-corrected chi connectivity index (χ1v) is 13.2. The first-order chi connectivity index (χ1) is 17.5. The van der Waals surface area contributed by atoms with E-state index < -0.39 is 33.7 Å². The molecule has 1 aliphatic rings. The minimum Gasteiger partial charge on any atom is -0.435 e. The van der Waals surface area contributed by atoms with E-state index in [4.69, 9.17) is 0 Å². The Morgan fingerprint density at radius 3 is 2.65 bits per heavy atom. The van der Waals surface area contributed by atoms with Crippen LogP contribution >= 0.6 is 0 Å². The van der Waals surface area contributed by atoms with Crippen LogP contribution in [0.15, 0.2) is 67.0 Å². The maximum atomic E-state index is 13.5. The third-order valence-electron chi connectivity index (χ3n) is 6.32. The highest BCUT2D eigenvalue weighted by Crippen LogP contribution is 2.35. The van der Waals surface area contributed by atoms with Gasteiger partial charge in [0.15, 0.2) is 9.84 Å². The van der Waals surface area contributed by atoms with E-state index >= 15 is 0 Å². The van der Waals surface area contributed by atoms with Crippen LogP contribution in [0.4, 0.5) is 13.2 Å². The summed E-state index contributed by atoms with van der Waals surface area (Å²) in [5.41, 5.74) is 1.22. The van der Waals surface area contributed by atoms with E-state index in [2.05, 4.69) is 15.0 Å². The lowest BCUT2D eigenvalue weighted by Crippen LogP contribution is -2.46. The Kier molecular flexibility index (Phi) is 6.18. The molecule has 0 unspecified atom stereocenters. The van der Waals surface area contributed by atoms with E-state index in [0.29, 0.717) is 39.8 Å². The molecular weight excluding hydrogens is 507 g/mol. The van der Waals surface area contributed by atoms with Gasteiger partial charge < -0.3 is 14.6 Å². The largest absolute Gasteiger partial charge is 0.435 e. The van der Waals surface area contributed by atoms with Crippen LogP contribution in [0.5, 0.6) is 5.75 Å². The van der Waals surface area contributed by atoms with E-state index in [-0.39, 0.29) is 17.3 Å². The highest BCUT2D eigenvalue weighted by atomic mass is 32.2. The van der Waals surface area contributed by atoms with Gasteiger partial charge in [0.1, 0.15) is 17.4 Å². The molecule has 0 spiro atoms. The van der Waals surface area contributed by atoms with Gasteiger partial charge in [-0.2, -0.15) is 8.78 Å². The molecular formula is C26H22F3N3O4S. The maximum Gasteiger partial charge on any atom is 0.387 e. The number of hydrogen-bond donors (Lipinski definition) is 1. The Balaban J connectivity index is 1.59. The number of pyridine rings is 1. The van der Waals surface area contributed by atoms with Crippen LogP contribution in [0.3, 0.4) is 0 Å². The van der Waals surface area contributed by atoms with E-state index in [9.17, 15) is 26.4 Å². The van der Waals surface area contributed by atoms with Gasteiger partial charge >= 0.3 is 6.61 Å². The van der Waals surface area contributed by atoms with Crippen LogP contribution in [0.25, 0.3) is 27.8 Å². The molecule has 37 heavy (non-hydrogen) atoms. The molecule has 192 valence electrons. The standard InChI is InChI=1S/C26H22F3N3O4S/c1-26(9-10-37(34,35)15-26)31-24(33)17-5-7-20-21(16-3-2-4-19(11-16)36-25(28)29)14-32(22(20)12-17)23-8-6-18(27)13-30-23/h2-8,11-14,25H,9-10,15H2,1H3,(H,31,33)/t26-/m0/s1. The monoisotopic (exact) mass is 529 g/mol. The average molecular weight is 530 g/mol. The normalized spacial score (nSPS) is 18.8. The summed E-state index contributed by atoms with van der Waals surface area (Å²) in [7, 11) is -3.22. The number of halogens is 3. The number of rotatable bonds is 6. The van der Waals surface area contributed by atoms with Gasteiger partial charge in [-0.3, -0.25) is 4.79 Å². The summed E-state index contributed by atoms with van der Waals surface area (Å²) in [6.07, 6.45) is 3.11. The molecule has 2 aromatic heterocycles. The topological polar surface area (TPSA) is 90.3 Å². The van der Waals surface area contributed by atoms with Crippen molar-refractivity contribution in [3.05, 3.63) is 78.4 Å². The Bertz CT molecular complexity index is 1600. The second-order valence-corrected chi connectivity index (χ2v) is 11.4. The first kappa shape index (κ1) is 24.8. The predicted octanol–water partition coefficient (Wildman–Crippen LogP) is 4.74. The first-order valence-electron chi connectivity index (χ1n) is 11.4. The van der Waals surface area contributed by atoms with Gasteiger partial charge in [-0.15, -0.1) is 0 Å². The summed E-state index contributed by atoms with van der Waals surface area (Å²) in [5.74, 6) is -0.703. The zero-order chi connectivity index (χ0) is 26.4. The van der Waals surface area contributed by atoms with Crippen LogP contribution in [0.1, 0.15) is 23.7 Å². The predicted molar refractivity (Wildman–Crippen MR) is 132 cm³/mol. The molecule has 1 N–H and O–H groups in total. The van der Waals surface area contributed by atoms with Gasteiger partial charge in [-0.25, -0.2) is 17.8 Å². The van der Waals surface area contributed by atoms with Crippen molar-refractivity contribution in [3.63, 3.8) is 0 Å². The number of ether oxygens (including phenoxy) is 1. The minimum atomic E-state index is -3.22. The third-order valence-corrected chi connectivity index (χ3v) is 8.22. The number of nitrogens with zero attached hydrogens (tertiary/aromatic N) is 2. The number of amides is 1. The number of benzene rings is 2. The van der Waals surface area contributed by atoms with Gasteiger partial charge in [0.25, 0.3) is 5.91 Å². The van der Waals surface area contributed by atoms with Crippen molar-refractivity contribution in [1.82, 2.24) is 14.9 Å². The van der Waals surface area contributed by atoms with Gasteiger partial charge in [0, 0.05) is 22.7 Å². The number of alkyl halides is 2. The van der Waals surface area contributed by atoms with E-state index in [0.717, 1.165) is 6.20 Å². The zero-order valence-electron chi connectivity index (χ0n) is 19.6. The molecule has 4 aromatic rings. The fraction of sp³-hybridized carbons (Fsp3) is 0.231. The number of aromatic nitrogens is 2. The Labute approximate surface area is 210 Å². The second kappa shape index (κ2) is 9.22. The molecule has 5 rings (SSSR count). The van der Waals surface area contributed by atoms with Crippen molar-refractivity contribution in [2.45, 2.75) is 25.5 Å². The summed E-state index contributed by atoms with van der Waals surface area (Å²) in [6, 6.07) is 13.9. The minimum absolute atomic E-state index is 0.0101. The molecule has 3 heterocycles. The summed E-state index contributed by atoms with van der Waals surface area (Å²) in [4.78, 5) is 17.3. The van der Waals surface area contributed by atoms with Crippen LogP contribution in [-0.4, -0.2) is 47.5 Å². The number of hydrogen-bond acceptors (Lipinski definition) is 5. The second-order valence-electron chi connectivity index (χ2n) is 9.24. The van der Waals surface area contributed by atoms with Crippen molar-refractivity contribution in [1.29, 1.82) is 0 Å². The maximum absolute atomic E-state index is 13.5. The average Bonchev–Trinajstić information content (AvgIpc) is 3.35. The van der Waals surface area contributed by atoms with Gasteiger partial charge in [-0.1, -0.05) is 18.2 Å².